The van der Waals surface area contributed by atoms with Crippen molar-refractivity contribution in [2.45, 2.75) is 31.2 Å². The minimum Gasteiger partial charge on any atom is -0.488 e. The van der Waals surface area contributed by atoms with Crippen molar-refractivity contribution in [3.8, 4) is 5.75 Å². The molecule has 1 aliphatic rings. The Labute approximate surface area is 180 Å². The van der Waals surface area contributed by atoms with Crippen molar-refractivity contribution < 1.29 is 13.2 Å². The Balaban J connectivity index is 2.00. The SMILES string of the molecule is CCC(C)N(CC1=C(Cl)c2cc(Cl)ccc2OC1)S(=O)(=O)c1ccc(Cl)cc1. The van der Waals surface area contributed by atoms with Crippen LogP contribution in [0.3, 0.4) is 0 Å². The van der Waals surface area contributed by atoms with Gasteiger partial charge in [-0.15, -0.1) is 0 Å². The largest absolute Gasteiger partial charge is 0.488 e. The van der Waals surface area contributed by atoms with E-state index in [-0.39, 0.29) is 24.1 Å². The fourth-order valence-corrected chi connectivity index (χ4v) is 5.20. The zero-order valence-electron chi connectivity index (χ0n) is 15.5. The van der Waals surface area contributed by atoms with Crippen LogP contribution in [0.15, 0.2) is 52.9 Å². The molecule has 0 bridgehead atoms. The van der Waals surface area contributed by atoms with Crippen molar-refractivity contribution in [2.24, 2.45) is 0 Å². The van der Waals surface area contributed by atoms with Gasteiger partial charge in [-0.2, -0.15) is 4.31 Å². The molecule has 0 saturated carbocycles. The third kappa shape index (κ3) is 4.34. The van der Waals surface area contributed by atoms with Crippen LogP contribution >= 0.6 is 34.8 Å². The van der Waals surface area contributed by atoms with Crippen LogP contribution in [-0.2, 0) is 10.0 Å². The molecule has 8 heteroatoms. The molecule has 0 spiro atoms. The second-order valence-corrected chi connectivity index (χ2v) is 9.75. The Kier molecular flexibility index (Phi) is 6.62. The van der Waals surface area contributed by atoms with E-state index in [0.29, 0.717) is 38.4 Å². The summed E-state index contributed by atoms with van der Waals surface area (Å²) >= 11 is 18.6. The van der Waals surface area contributed by atoms with Gasteiger partial charge in [-0.25, -0.2) is 8.42 Å². The van der Waals surface area contributed by atoms with Gasteiger partial charge in [-0.3, -0.25) is 0 Å². The molecule has 2 aromatic rings. The van der Waals surface area contributed by atoms with Gasteiger partial charge in [-0.05, 0) is 55.8 Å². The molecule has 1 aliphatic heterocycles. The normalized spacial score (nSPS) is 15.4. The Morgan fingerprint density at radius 2 is 1.71 bits per heavy atom. The van der Waals surface area contributed by atoms with E-state index < -0.39 is 10.0 Å². The molecule has 0 aliphatic carbocycles. The van der Waals surface area contributed by atoms with Crippen molar-refractivity contribution >= 4 is 49.9 Å². The zero-order chi connectivity index (χ0) is 20.5. The van der Waals surface area contributed by atoms with E-state index in [1.165, 1.54) is 16.4 Å². The second-order valence-electron chi connectivity index (χ2n) is 6.61. The number of fused-ring (bicyclic) bond motifs is 1. The highest BCUT2D eigenvalue weighted by Crippen LogP contribution is 2.38. The lowest BCUT2D eigenvalue weighted by Gasteiger charge is -2.30. The third-order valence-corrected chi connectivity index (χ3v) is 7.67. The third-order valence-electron chi connectivity index (χ3n) is 4.74. The van der Waals surface area contributed by atoms with E-state index in [1.54, 1.807) is 30.3 Å². The van der Waals surface area contributed by atoms with Crippen LogP contribution in [0, 0.1) is 0 Å². The molecule has 0 amide bonds. The van der Waals surface area contributed by atoms with Gasteiger partial charge in [0, 0.05) is 33.8 Å². The molecule has 28 heavy (non-hydrogen) atoms. The standard InChI is InChI=1S/C20H20Cl3NO3S/c1-3-13(2)24(28(25,26)17-7-4-15(21)5-8-17)11-14-12-27-19-9-6-16(22)10-18(19)20(14)23/h4-10,13H,3,11-12H2,1-2H3. The highest BCUT2D eigenvalue weighted by atomic mass is 35.5. The zero-order valence-corrected chi connectivity index (χ0v) is 18.5. The molecule has 1 atom stereocenters. The number of hydrogen-bond donors (Lipinski definition) is 0. The number of ether oxygens (including phenoxy) is 1. The first-order valence-electron chi connectivity index (χ1n) is 8.81. The monoisotopic (exact) mass is 459 g/mol. The molecule has 4 nitrogen and oxygen atoms in total. The maximum absolute atomic E-state index is 13.3. The van der Waals surface area contributed by atoms with Crippen LogP contribution in [0.4, 0.5) is 0 Å². The van der Waals surface area contributed by atoms with Gasteiger partial charge in [0.25, 0.3) is 0 Å². The van der Waals surface area contributed by atoms with E-state index >= 15 is 0 Å². The van der Waals surface area contributed by atoms with Crippen LogP contribution < -0.4 is 4.74 Å². The van der Waals surface area contributed by atoms with Crippen LogP contribution in [-0.4, -0.2) is 31.9 Å². The summed E-state index contributed by atoms with van der Waals surface area (Å²) in [6.45, 7) is 4.16. The Morgan fingerprint density at radius 3 is 2.36 bits per heavy atom. The molecular formula is C20H20Cl3NO3S. The minimum absolute atomic E-state index is 0.130. The van der Waals surface area contributed by atoms with Gasteiger partial charge in [-0.1, -0.05) is 41.7 Å². The minimum atomic E-state index is -3.74. The van der Waals surface area contributed by atoms with Gasteiger partial charge in [0.1, 0.15) is 12.4 Å². The lowest BCUT2D eigenvalue weighted by atomic mass is 10.1. The number of benzene rings is 2. The van der Waals surface area contributed by atoms with Crippen LogP contribution in [0.5, 0.6) is 5.75 Å². The fraction of sp³-hybridized carbons (Fsp3) is 0.300. The number of hydrogen-bond acceptors (Lipinski definition) is 3. The average molecular weight is 461 g/mol. The van der Waals surface area contributed by atoms with Crippen molar-refractivity contribution in [3.05, 3.63) is 63.6 Å². The molecule has 1 heterocycles. The molecule has 150 valence electrons. The summed E-state index contributed by atoms with van der Waals surface area (Å²) in [5.41, 5.74) is 1.36. The maximum Gasteiger partial charge on any atom is 0.243 e. The highest BCUT2D eigenvalue weighted by Gasteiger charge is 2.31. The Bertz CT molecular complexity index is 1000. The van der Waals surface area contributed by atoms with Crippen LogP contribution in [0.1, 0.15) is 25.8 Å². The lowest BCUT2D eigenvalue weighted by molar-refractivity contribution is 0.308. The molecular weight excluding hydrogens is 441 g/mol. The Morgan fingerprint density at radius 1 is 1.07 bits per heavy atom. The number of rotatable bonds is 6. The van der Waals surface area contributed by atoms with Gasteiger partial charge in [0.2, 0.25) is 10.0 Å². The van der Waals surface area contributed by atoms with E-state index in [4.69, 9.17) is 39.5 Å². The molecule has 0 radical (unpaired) electrons. The van der Waals surface area contributed by atoms with Gasteiger partial charge in [0.15, 0.2) is 0 Å². The second kappa shape index (κ2) is 8.64. The van der Waals surface area contributed by atoms with Crippen molar-refractivity contribution in [1.29, 1.82) is 0 Å². The summed E-state index contributed by atoms with van der Waals surface area (Å²) in [6.07, 6.45) is 0.654. The topological polar surface area (TPSA) is 46.6 Å². The van der Waals surface area contributed by atoms with Gasteiger partial charge < -0.3 is 4.74 Å². The molecule has 2 aromatic carbocycles. The number of sulfonamides is 1. The van der Waals surface area contributed by atoms with Gasteiger partial charge >= 0.3 is 0 Å². The smallest absolute Gasteiger partial charge is 0.243 e. The predicted octanol–water partition coefficient (Wildman–Crippen LogP) is 5.83. The highest BCUT2D eigenvalue weighted by molar-refractivity contribution is 7.89. The predicted molar refractivity (Wildman–Crippen MR) is 115 cm³/mol. The quantitative estimate of drug-likeness (QED) is 0.545. The van der Waals surface area contributed by atoms with Gasteiger partial charge in [0.05, 0.1) is 9.93 Å². The van der Waals surface area contributed by atoms with Crippen molar-refractivity contribution in [3.63, 3.8) is 0 Å². The molecule has 0 aromatic heterocycles. The summed E-state index contributed by atoms with van der Waals surface area (Å²) in [5, 5.41) is 1.49. The van der Waals surface area contributed by atoms with E-state index in [1.807, 2.05) is 13.8 Å². The average Bonchev–Trinajstić information content (AvgIpc) is 2.67. The number of nitrogens with zero attached hydrogens (tertiary/aromatic N) is 1. The molecule has 1 unspecified atom stereocenters. The van der Waals surface area contributed by atoms with Crippen molar-refractivity contribution in [1.82, 2.24) is 4.31 Å². The first-order chi connectivity index (χ1) is 13.2. The summed E-state index contributed by atoms with van der Waals surface area (Å²) in [6, 6.07) is 11.1. The molecule has 3 rings (SSSR count). The summed E-state index contributed by atoms with van der Waals surface area (Å²) < 4.78 is 33.8. The molecule has 0 fully saturated rings. The van der Waals surface area contributed by atoms with Crippen molar-refractivity contribution in [2.75, 3.05) is 13.2 Å². The van der Waals surface area contributed by atoms with Crippen LogP contribution in [0.25, 0.3) is 5.03 Å². The van der Waals surface area contributed by atoms with E-state index in [9.17, 15) is 8.42 Å². The lowest BCUT2D eigenvalue weighted by Crippen LogP contribution is -2.40. The first kappa shape index (κ1) is 21.5. The summed E-state index contributed by atoms with van der Waals surface area (Å²) in [5.74, 6) is 0.633. The van der Waals surface area contributed by atoms with Crippen LogP contribution in [0.2, 0.25) is 10.0 Å². The Hall–Kier alpha value is -1.24. The summed E-state index contributed by atoms with van der Waals surface area (Å²) in [4.78, 5) is 0.189. The number of halogens is 3. The van der Waals surface area contributed by atoms with E-state index in [0.717, 1.165) is 0 Å². The van der Waals surface area contributed by atoms with E-state index in [2.05, 4.69) is 0 Å². The maximum atomic E-state index is 13.3. The molecule has 0 saturated heterocycles. The fourth-order valence-electron chi connectivity index (χ4n) is 2.94. The first-order valence-corrected chi connectivity index (χ1v) is 11.4. The molecule has 0 N–H and O–H groups in total. The summed E-state index contributed by atoms with van der Waals surface area (Å²) in [7, 11) is -3.74.